The molecule has 37 heavy (non-hydrogen) atoms. The summed E-state index contributed by atoms with van der Waals surface area (Å²) in [4.78, 5) is 38.9. The van der Waals surface area contributed by atoms with Crippen molar-refractivity contribution in [1.82, 2.24) is 4.90 Å². The van der Waals surface area contributed by atoms with Crippen LogP contribution >= 0.6 is 0 Å². The first-order valence-corrected chi connectivity index (χ1v) is 11.0. The highest BCUT2D eigenvalue weighted by molar-refractivity contribution is 6.00. The number of rotatable bonds is 6. The van der Waals surface area contributed by atoms with E-state index in [0.29, 0.717) is 0 Å². The number of methoxy groups -OCH3 is 1. The van der Waals surface area contributed by atoms with Crippen LogP contribution in [0, 0.1) is 55.9 Å². The van der Waals surface area contributed by atoms with Crippen molar-refractivity contribution in [1.29, 1.82) is 15.8 Å². The van der Waals surface area contributed by atoms with Crippen LogP contribution in [0.5, 0.6) is 0 Å². The molecule has 12 heteroatoms. The number of nitriles is 3. The van der Waals surface area contributed by atoms with Gasteiger partial charge in [0.1, 0.15) is 11.7 Å². The molecule has 0 radical (unpaired) electrons. The topological polar surface area (TPSA) is 196 Å². The van der Waals surface area contributed by atoms with Crippen LogP contribution < -0.4 is 5.73 Å². The van der Waals surface area contributed by atoms with Crippen molar-refractivity contribution in [3.05, 3.63) is 73.9 Å². The van der Waals surface area contributed by atoms with Gasteiger partial charge in [-0.15, -0.1) is 0 Å². The first kappa shape index (κ1) is 26.5. The summed E-state index contributed by atoms with van der Waals surface area (Å²) < 4.78 is 10.5. The van der Waals surface area contributed by atoms with Crippen LogP contribution in [-0.4, -0.2) is 35.0 Å². The lowest BCUT2D eigenvalue weighted by Crippen LogP contribution is -2.37. The van der Waals surface area contributed by atoms with E-state index in [1.807, 2.05) is 18.2 Å². The molecule has 3 rings (SSSR count). The van der Waals surface area contributed by atoms with E-state index in [2.05, 4.69) is 0 Å². The Kier molecular flexibility index (Phi) is 7.31. The molecule has 0 aromatic heterocycles. The maximum absolute atomic E-state index is 13.4. The van der Waals surface area contributed by atoms with Gasteiger partial charge in [0.05, 0.1) is 64.9 Å². The van der Waals surface area contributed by atoms with Gasteiger partial charge in [0.2, 0.25) is 0 Å². The predicted octanol–water partition coefficient (Wildman–Crippen LogP) is 2.63. The SMILES string of the molecule is COC(=O)C1=C2[C@H](C(C#N)C#N)C(C#N)=C(N)N2C(C)=C(C(=O)OC(C)C)[C@H]1c1cccc([N+](=O)[O-])c1. The summed E-state index contributed by atoms with van der Waals surface area (Å²) in [5.74, 6) is -5.84. The molecular weight excluding hydrogens is 480 g/mol. The first-order valence-electron chi connectivity index (χ1n) is 11.0. The van der Waals surface area contributed by atoms with Crippen LogP contribution in [0.25, 0.3) is 0 Å². The normalized spacial score (nSPS) is 18.8. The van der Waals surface area contributed by atoms with Gasteiger partial charge >= 0.3 is 11.9 Å². The van der Waals surface area contributed by atoms with E-state index in [1.54, 1.807) is 13.8 Å². The third-order valence-electron chi connectivity index (χ3n) is 6.06. The highest BCUT2D eigenvalue weighted by Gasteiger charge is 2.51. The van der Waals surface area contributed by atoms with Crippen molar-refractivity contribution in [2.75, 3.05) is 7.11 Å². The Morgan fingerprint density at radius 1 is 1.16 bits per heavy atom. The van der Waals surface area contributed by atoms with Crippen LogP contribution in [0.15, 0.2) is 58.2 Å². The van der Waals surface area contributed by atoms with Crippen molar-refractivity contribution in [2.24, 2.45) is 17.6 Å². The van der Waals surface area contributed by atoms with Gasteiger partial charge in [0, 0.05) is 23.5 Å². The van der Waals surface area contributed by atoms with Crippen LogP contribution in [0.3, 0.4) is 0 Å². The van der Waals surface area contributed by atoms with Gasteiger partial charge < -0.3 is 20.1 Å². The number of nitro benzene ring substituents is 1. The van der Waals surface area contributed by atoms with Gasteiger partial charge in [0.25, 0.3) is 5.69 Å². The lowest BCUT2D eigenvalue weighted by Gasteiger charge is -2.37. The van der Waals surface area contributed by atoms with Crippen molar-refractivity contribution < 1.29 is 24.0 Å². The van der Waals surface area contributed by atoms with Crippen molar-refractivity contribution in [3.8, 4) is 18.2 Å². The van der Waals surface area contributed by atoms with Crippen LogP contribution in [0.2, 0.25) is 0 Å². The van der Waals surface area contributed by atoms with Crippen molar-refractivity contribution in [2.45, 2.75) is 32.8 Å². The van der Waals surface area contributed by atoms with Gasteiger partial charge in [-0.2, -0.15) is 15.8 Å². The van der Waals surface area contributed by atoms with Gasteiger partial charge in [-0.05, 0) is 26.3 Å². The fraction of sp³-hybridized carbons (Fsp3) is 0.320. The lowest BCUT2D eigenvalue weighted by molar-refractivity contribution is -0.384. The number of fused-ring (bicyclic) bond motifs is 1. The number of hydrogen-bond acceptors (Lipinski definition) is 11. The number of benzene rings is 1. The number of nitrogens with two attached hydrogens (primary N) is 1. The summed E-state index contributed by atoms with van der Waals surface area (Å²) in [5, 5.41) is 40.8. The Morgan fingerprint density at radius 2 is 1.81 bits per heavy atom. The second kappa shape index (κ2) is 10.2. The predicted molar refractivity (Wildman–Crippen MR) is 126 cm³/mol. The van der Waals surface area contributed by atoms with Gasteiger partial charge in [-0.25, -0.2) is 9.59 Å². The maximum atomic E-state index is 13.4. The molecule has 0 saturated carbocycles. The summed E-state index contributed by atoms with van der Waals surface area (Å²) in [6.07, 6.45) is -0.555. The standard InChI is InChI=1S/C25H22N6O6/c1-12(2)37-25(33)18-13(3)30-22(19(15(9-26)10-27)17(11-28)23(30)29)21(24(32)36-4)20(18)14-6-5-7-16(8-14)31(34)35/h5-8,12,15,19-20H,29H2,1-4H3/t19-,20-/m1/s1. The Bertz CT molecular complexity index is 1400. The molecule has 188 valence electrons. The van der Waals surface area contributed by atoms with Crippen LogP contribution in [-0.2, 0) is 19.1 Å². The average molecular weight is 502 g/mol. The Morgan fingerprint density at radius 3 is 2.32 bits per heavy atom. The number of nitro groups is 1. The van der Waals surface area contributed by atoms with E-state index in [9.17, 15) is 35.5 Å². The van der Waals surface area contributed by atoms with E-state index >= 15 is 0 Å². The zero-order valence-corrected chi connectivity index (χ0v) is 20.4. The van der Waals surface area contributed by atoms with Gasteiger partial charge in [-0.1, -0.05) is 12.1 Å². The zero-order valence-electron chi connectivity index (χ0n) is 20.4. The average Bonchev–Trinajstić information content (AvgIpc) is 3.15. The third-order valence-corrected chi connectivity index (χ3v) is 6.06. The zero-order chi connectivity index (χ0) is 27.6. The molecule has 2 atom stereocenters. The van der Waals surface area contributed by atoms with E-state index in [4.69, 9.17) is 15.2 Å². The van der Waals surface area contributed by atoms with E-state index in [1.165, 1.54) is 36.1 Å². The minimum absolute atomic E-state index is 0.0177. The second-order valence-corrected chi connectivity index (χ2v) is 8.49. The smallest absolute Gasteiger partial charge is 0.337 e. The fourth-order valence-electron chi connectivity index (χ4n) is 4.61. The maximum Gasteiger partial charge on any atom is 0.337 e. The van der Waals surface area contributed by atoms with Crippen LogP contribution in [0.1, 0.15) is 32.3 Å². The number of ether oxygens (including phenoxy) is 2. The molecule has 2 heterocycles. The molecule has 12 nitrogen and oxygen atoms in total. The molecule has 2 N–H and O–H groups in total. The molecule has 0 spiro atoms. The largest absolute Gasteiger partial charge is 0.466 e. The number of carbonyl (C=O) groups is 2. The summed E-state index contributed by atoms with van der Waals surface area (Å²) in [6, 6.07) is 10.9. The fourth-order valence-corrected chi connectivity index (χ4v) is 4.61. The van der Waals surface area contributed by atoms with Crippen molar-refractivity contribution in [3.63, 3.8) is 0 Å². The molecule has 0 amide bonds. The molecule has 0 unspecified atom stereocenters. The second-order valence-electron chi connectivity index (χ2n) is 8.49. The number of esters is 2. The van der Waals surface area contributed by atoms with E-state index < -0.39 is 40.7 Å². The lowest BCUT2D eigenvalue weighted by atomic mass is 9.75. The molecule has 1 aromatic carbocycles. The molecule has 0 bridgehead atoms. The summed E-state index contributed by atoms with van der Waals surface area (Å²) >= 11 is 0. The van der Waals surface area contributed by atoms with Gasteiger partial charge in [0.15, 0.2) is 0 Å². The molecule has 0 aliphatic carbocycles. The minimum atomic E-state index is -1.42. The highest BCUT2D eigenvalue weighted by Crippen LogP contribution is 2.52. The Hall–Kier alpha value is -5.15. The molecule has 2 aliphatic heterocycles. The third kappa shape index (κ3) is 4.35. The van der Waals surface area contributed by atoms with E-state index in [-0.39, 0.29) is 45.2 Å². The quantitative estimate of drug-likeness (QED) is 0.341. The Labute approximate surface area is 212 Å². The summed E-state index contributed by atoms with van der Waals surface area (Å²) in [7, 11) is 1.10. The highest BCUT2D eigenvalue weighted by atomic mass is 16.6. The molecule has 0 fully saturated rings. The number of hydrogen-bond donors (Lipinski definition) is 1. The molecule has 1 aromatic rings. The summed E-state index contributed by atoms with van der Waals surface area (Å²) in [5.41, 5.74) is 5.97. The monoisotopic (exact) mass is 502 g/mol. The number of non-ortho nitro benzene ring substituents is 1. The number of nitrogens with zero attached hydrogens (tertiary/aromatic N) is 5. The van der Waals surface area contributed by atoms with Crippen LogP contribution in [0.4, 0.5) is 5.69 Å². The van der Waals surface area contributed by atoms with Gasteiger partial charge in [-0.3, -0.25) is 10.1 Å². The number of carbonyl (C=O) groups excluding carboxylic acids is 2. The van der Waals surface area contributed by atoms with Crippen molar-refractivity contribution >= 4 is 17.6 Å². The molecular formula is C25H22N6O6. The Balaban J connectivity index is 2.50. The molecule has 0 saturated heterocycles. The first-order chi connectivity index (χ1) is 17.5. The summed E-state index contributed by atoms with van der Waals surface area (Å²) in [6.45, 7) is 4.76. The number of allylic oxidation sites excluding steroid dienone is 2. The minimum Gasteiger partial charge on any atom is -0.466 e. The molecule has 2 aliphatic rings. The van der Waals surface area contributed by atoms with E-state index in [0.717, 1.165) is 7.11 Å².